The molecule has 13 heavy (non-hydrogen) atoms. The lowest BCUT2D eigenvalue weighted by atomic mass is 10.1. The van der Waals surface area contributed by atoms with Crippen molar-refractivity contribution in [2.24, 2.45) is 0 Å². The molecule has 0 amide bonds. The molecule has 2 rings (SSSR count). The quantitative estimate of drug-likeness (QED) is 0.626. The molecule has 0 bridgehead atoms. The van der Waals surface area contributed by atoms with Crippen LogP contribution in [0.4, 0.5) is 0 Å². The number of allylic oxidation sites excluding steroid dienone is 1. The highest BCUT2D eigenvalue weighted by Crippen LogP contribution is 2.17. The van der Waals surface area contributed by atoms with Crippen LogP contribution in [0.25, 0.3) is 0 Å². The summed E-state index contributed by atoms with van der Waals surface area (Å²) < 4.78 is 5.77. The van der Waals surface area contributed by atoms with Gasteiger partial charge in [0.2, 0.25) is 0 Å². The van der Waals surface area contributed by atoms with Gasteiger partial charge in [0.1, 0.15) is 11.9 Å². The normalized spacial score (nSPS) is 21.4. The first-order valence-corrected chi connectivity index (χ1v) is 4.83. The van der Waals surface area contributed by atoms with Gasteiger partial charge in [0, 0.05) is 0 Å². The first kappa shape index (κ1) is 8.36. The Labute approximate surface area is 79.0 Å². The van der Waals surface area contributed by atoms with E-state index in [4.69, 9.17) is 4.74 Å². The lowest BCUT2D eigenvalue weighted by Gasteiger charge is -2.18. The predicted molar refractivity (Wildman–Crippen MR) is 53.8 cm³/mol. The minimum atomic E-state index is 0.288. The van der Waals surface area contributed by atoms with Crippen LogP contribution < -0.4 is 4.74 Å². The number of hydrogen-bond acceptors (Lipinski definition) is 1. The van der Waals surface area contributed by atoms with Crippen LogP contribution in [0.5, 0.6) is 5.75 Å². The van der Waals surface area contributed by atoms with Crippen molar-refractivity contribution in [2.45, 2.75) is 25.4 Å². The Morgan fingerprint density at radius 3 is 2.69 bits per heavy atom. The third kappa shape index (κ3) is 2.35. The number of ether oxygens (including phenoxy) is 1. The van der Waals surface area contributed by atoms with Gasteiger partial charge in [0.05, 0.1) is 0 Å². The third-order valence-corrected chi connectivity index (χ3v) is 2.24. The molecular formula is C12H14O. The zero-order chi connectivity index (χ0) is 8.93. The predicted octanol–water partition coefficient (Wildman–Crippen LogP) is 3.17. The van der Waals surface area contributed by atoms with E-state index in [0.717, 1.165) is 12.2 Å². The molecule has 68 valence electrons. The van der Waals surface area contributed by atoms with Crippen molar-refractivity contribution in [3.8, 4) is 5.75 Å². The Kier molecular flexibility index (Phi) is 2.65. The maximum absolute atomic E-state index is 5.77. The molecule has 1 unspecified atom stereocenters. The second-order valence-corrected chi connectivity index (χ2v) is 3.33. The highest BCUT2D eigenvalue weighted by Gasteiger charge is 2.08. The summed E-state index contributed by atoms with van der Waals surface area (Å²) in [5.41, 5.74) is 0. The Morgan fingerprint density at radius 1 is 1.15 bits per heavy atom. The lowest BCUT2D eigenvalue weighted by molar-refractivity contribution is 0.230. The lowest BCUT2D eigenvalue weighted by Crippen LogP contribution is -2.15. The topological polar surface area (TPSA) is 9.23 Å². The van der Waals surface area contributed by atoms with Crippen LogP contribution >= 0.6 is 0 Å². The van der Waals surface area contributed by atoms with Crippen LogP contribution in [0.15, 0.2) is 42.5 Å². The van der Waals surface area contributed by atoms with Crippen molar-refractivity contribution in [2.75, 3.05) is 0 Å². The smallest absolute Gasteiger partial charge is 0.120 e. The second kappa shape index (κ2) is 4.13. The van der Waals surface area contributed by atoms with E-state index in [9.17, 15) is 0 Å². The van der Waals surface area contributed by atoms with E-state index in [-0.39, 0.29) is 6.10 Å². The van der Waals surface area contributed by atoms with Gasteiger partial charge < -0.3 is 4.74 Å². The summed E-state index contributed by atoms with van der Waals surface area (Å²) in [7, 11) is 0. The first-order valence-electron chi connectivity index (χ1n) is 4.83. The van der Waals surface area contributed by atoms with E-state index in [1.165, 1.54) is 12.8 Å². The molecule has 1 heteroatoms. The Balaban J connectivity index is 1.98. The second-order valence-electron chi connectivity index (χ2n) is 3.33. The number of para-hydroxylation sites is 1. The van der Waals surface area contributed by atoms with Crippen LogP contribution in [0.1, 0.15) is 19.3 Å². The van der Waals surface area contributed by atoms with Gasteiger partial charge >= 0.3 is 0 Å². The largest absolute Gasteiger partial charge is 0.486 e. The van der Waals surface area contributed by atoms with Crippen LogP contribution in [0, 0.1) is 0 Å². The van der Waals surface area contributed by atoms with Gasteiger partial charge in [-0.15, -0.1) is 0 Å². The summed E-state index contributed by atoms with van der Waals surface area (Å²) in [5, 5.41) is 0. The SMILES string of the molecule is C1=CC(Oc2ccccc2)CCC1. The average Bonchev–Trinajstić information content (AvgIpc) is 2.21. The summed E-state index contributed by atoms with van der Waals surface area (Å²) >= 11 is 0. The van der Waals surface area contributed by atoms with Crippen molar-refractivity contribution in [3.05, 3.63) is 42.5 Å². The van der Waals surface area contributed by atoms with Gasteiger partial charge in [-0.05, 0) is 37.5 Å². The number of benzene rings is 1. The maximum Gasteiger partial charge on any atom is 0.120 e. The van der Waals surface area contributed by atoms with Crippen molar-refractivity contribution in [1.82, 2.24) is 0 Å². The molecular weight excluding hydrogens is 160 g/mol. The molecule has 0 N–H and O–H groups in total. The van der Waals surface area contributed by atoms with E-state index in [2.05, 4.69) is 12.2 Å². The molecule has 1 aromatic rings. The zero-order valence-corrected chi connectivity index (χ0v) is 7.65. The van der Waals surface area contributed by atoms with E-state index in [0.29, 0.717) is 0 Å². The highest BCUT2D eigenvalue weighted by atomic mass is 16.5. The third-order valence-electron chi connectivity index (χ3n) is 2.24. The van der Waals surface area contributed by atoms with Gasteiger partial charge in [0.25, 0.3) is 0 Å². The number of rotatable bonds is 2. The molecule has 1 nitrogen and oxygen atoms in total. The molecule has 0 heterocycles. The van der Waals surface area contributed by atoms with Gasteiger partial charge in [-0.2, -0.15) is 0 Å². The molecule has 0 saturated heterocycles. The molecule has 1 aliphatic carbocycles. The molecule has 1 aromatic carbocycles. The van der Waals surface area contributed by atoms with Crippen LogP contribution in [-0.2, 0) is 0 Å². The Hall–Kier alpha value is -1.24. The van der Waals surface area contributed by atoms with E-state index in [1.807, 2.05) is 30.3 Å². The molecule has 0 spiro atoms. The molecule has 0 aliphatic heterocycles. The summed E-state index contributed by atoms with van der Waals surface area (Å²) in [6.45, 7) is 0. The summed E-state index contributed by atoms with van der Waals surface area (Å²) in [6, 6.07) is 10.0. The standard InChI is InChI=1S/C12H14O/c1-3-7-11(8-4-1)13-12-9-5-2-6-10-12/h1,3-5,7-9,12H,2,6,10H2. The van der Waals surface area contributed by atoms with Crippen LogP contribution in [0.2, 0.25) is 0 Å². The van der Waals surface area contributed by atoms with Crippen molar-refractivity contribution >= 4 is 0 Å². The van der Waals surface area contributed by atoms with Gasteiger partial charge in [-0.1, -0.05) is 24.3 Å². The fraction of sp³-hybridized carbons (Fsp3) is 0.333. The average molecular weight is 174 g/mol. The van der Waals surface area contributed by atoms with Crippen molar-refractivity contribution in [1.29, 1.82) is 0 Å². The van der Waals surface area contributed by atoms with Crippen molar-refractivity contribution in [3.63, 3.8) is 0 Å². The van der Waals surface area contributed by atoms with Gasteiger partial charge in [-0.25, -0.2) is 0 Å². The van der Waals surface area contributed by atoms with Crippen LogP contribution in [-0.4, -0.2) is 6.10 Å². The fourth-order valence-electron chi connectivity index (χ4n) is 1.55. The van der Waals surface area contributed by atoms with Gasteiger partial charge in [0.15, 0.2) is 0 Å². The monoisotopic (exact) mass is 174 g/mol. The minimum Gasteiger partial charge on any atom is -0.486 e. The molecule has 0 fully saturated rings. The molecule has 0 aromatic heterocycles. The zero-order valence-electron chi connectivity index (χ0n) is 7.65. The summed E-state index contributed by atoms with van der Waals surface area (Å²) in [6.07, 6.45) is 8.25. The Morgan fingerprint density at radius 2 is 2.00 bits per heavy atom. The summed E-state index contributed by atoms with van der Waals surface area (Å²) in [5.74, 6) is 0.971. The Bertz CT molecular complexity index is 276. The van der Waals surface area contributed by atoms with Gasteiger partial charge in [-0.3, -0.25) is 0 Å². The maximum atomic E-state index is 5.77. The summed E-state index contributed by atoms with van der Waals surface area (Å²) in [4.78, 5) is 0. The van der Waals surface area contributed by atoms with Crippen LogP contribution in [0.3, 0.4) is 0 Å². The van der Waals surface area contributed by atoms with E-state index in [1.54, 1.807) is 0 Å². The molecule has 0 saturated carbocycles. The number of hydrogen-bond donors (Lipinski definition) is 0. The fourth-order valence-corrected chi connectivity index (χ4v) is 1.55. The van der Waals surface area contributed by atoms with E-state index >= 15 is 0 Å². The first-order chi connectivity index (χ1) is 6.45. The molecule has 1 atom stereocenters. The minimum absolute atomic E-state index is 0.288. The van der Waals surface area contributed by atoms with Crippen molar-refractivity contribution < 1.29 is 4.74 Å². The molecule has 1 aliphatic rings. The molecule has 0 radical (unpaired) electrons. The highest BCUT2D eigenvalue weighted by molar-refractivity contribution is 5.22. The van der Waals surface area contributed by atoms with E-state index < -0.39 is 0 Å².